The van der Waals surface area contributed by atoms with Gasteiger partial charge >= 0.3 is 0 Å². The Balaban J connectivity index is 1.08. The fraction of sp³-hybridized carbons (Fsp3) is 0.971. The van der Waals surface area contributed by atoms with Crippen LogP contribution in [0.2, 0.25) is 0 Å². The van der Waals surface area contributed by atoms with E-state index < -0.39 is 0 Å². The third-order valence-electron chi connectivity index (χ3n) is 14.6. The van der Waals surface area contributed by atoms with E-state index in [4.69, 9.17) is 19.9 Å². The van der Waals surface area contributed by atoms with Gasteiger partial charge in [0.2, 0.25) is 5.91 Å². The highest BCUT2D eigenvalue weighted by Gasteiger charge is 2.83. The standard InChI is InChI=1S/C34H56N2O4/c1-19(2)31(37)36-13-14-38-29(18-36)40-27-9-10-33-22(5)34(33)12-11-32(6)26(25(34)8-7-24(33)21(27)4)16-28-30(32)20(3)15-23(17-35)39-28/h19-30H,7-18,35H2,1-6H3/t20?,21?,22?,23-,24+,25+,26?,27+,28-,29?,30?,32+,33-,34+/m1/s1. The molecule has 7 fully saturated rings. The Kier molecular flexibility index (Phi) is 6.78. The van der Waals surface area contributed by atoms with Crippen LogP contribution in [0.5, 0.6) is 0 Å². The molecule has 6 heteroatoms. The van der Waals surface area contributed by atoms with Crippen molar-refractivity contribution in [3.8, 4) is 0 Å². The SMILES string of the molecule is CC(C)C(=O)N1CCOC(O[C@H]2CC[C@]34C(C)[C@]35CC[C@]3(C)C6C(C)C[C@H](CN)O[C@@H]6CC3[C@@H]5CC[C@H]4C2C)C1. The predicted molar refractivity (Wildman–Crippen MR) is 155 cm³/mol. The lowest BCUT2D eigenvalue weighted by Crippen LogP contribution is -2.53. The third kappa shape index (κ3) is 3.64. The van der Waals surface area contributed by atoms with Gasteiger partial charge in [0.05, 0.1) is 31.5 Å². The summed E-state index contributed by atoms with van der Waals surface area (Å²) >= 11 is 0. The maximum atomic E-state index is 12.6. The Bertz CT molecular complexity index is 1000. The second-order valence-electron chi connectivity index (χ2n) is 16.0. The molecule has 2 aliphatic heterocycles. The van der Waals surface area contributed by atoms with E-state index in [1.807, 2.05) is 18.7 Å². The molecule has 40 heavy (non-hydrogen) atoms. The van der Waals surface area contributed by atoms with Gasteiger partial charge in [-0.1, -0.05) is 41.5 Å². The average Bonchev–Trinajstić information content (AvgIpc) is 3.30. The first-order chi connectivity index (χ1) is 19.1. The van der Waals surface area contributed by atoms with Gasteiger partial charge in [0.1, 0.15) is 0 Å². The lowest BCUT2D eigenvalue weighted by Gasteiger charge is -2.57. The van der Waals surface area contributed by atoms with Crippen LogP contribution in [0.15, 0.2) is 0 Å². The Hall–Kier alpha value is -0.690. The summed E-state index contributed by atoms with van der Waals surface area (Å²) in [6, 6.07) is 0. The Labute approximate surface area is 242 Å². The smallest absolute Gasteiger partial charge is 0.225 e. The van der Waals surface area contributed by atoms with Crippen molar-refractivity contribution in [2.24, 2.45) is 69.3 Å². The molecule has 0 aromatic heterocycles. The molecule has 7 aliphatic rings. The molecule has 2 N–H and O–H groups in total. The number of hydrogen-bond donors (Lipinski definition) is 1. The summed E-state index contributed by atoms with van der Waals surface area (Å²) in [6.45, 7) is 16.7. The van der Waals surface area contributed by atoms with Crippen molar-refractivity contribution in [3.63, 3.8) is 0 Å². The average molecular weight is 557 g/mol. The lowest BCUT2D eigenvalue weighted by molar-refractivity contribution is -0.227. The normalized spacial score (nSPS) is 55.1. The van der Waals surface area contributed by atoms with Gasteiger partial charge in [-0.15, -0.1) is 0 Å². The summed E-state index contributed by atoms with van der Waals surface area (Å²) in [7, 11) is 0. The van der Waals surface area contributed by atoms with E-state index in [0.29, 0.717) is 60.4 Å². The first-order valence-electron chi connectivity index (χ1n) is 17.0. The monoisotopic (exact) mass is 556 g/mol. The van der Waals surface area contributed by atoms with Gasteiger partial charge in [0.15, 0.2) is 6.29 Å². The second-order valence-corrected chi connectivity index (χ2v) is 16.0. The van der Waals surface area contributed by atoms with E-state index in [1.54, 1.807) is 0 Å². The molecule has 1 amide bonds. The van der Waals surface area contributed by atoms with Gasteiger partial charge in [-0.05, 0) is 109 Å². The minimum atomic E-state index is -0.281. The summed E-state index contributed by atoms with van der Waals surface area (Å²) in [4.78, 5) is 14.6. The van der Waals surface area contributed by atoms with Crippen LogP contribution in [0.3, 0.4) is 0 Å². The minimum Gasteiger partial charge on any atom is -0.373 e. The van der Waals surface area contributed by atoms with E-state index in [0.717, 1.165) is 42.4 Å². The van der Waals surface area contributed by atoms with Crippen LogP contribution in [0.4, 0.5) is 0 Å². The molecule has 2 saturated heterocycles. The van der Waals surface area contributed by atoms with Crippen molar-refractivity contribution in [1.29, 1.82) is 0 Å². The molecule has 6 nitrogen and oxygen atoms in total. The van der Waals surface area contributed by atoms with Gasteiger partial charge in [-0.3, -0.25) is 4.79 Å². The third-order valence-corrected chi connectivity index (χ3v) is 14.6. The van der Waals surface area contributed by atoms with Crippen molar-refractivity contribution in [1.82, 2.24) is 4.90 Å². The van der Waals surface area contributed by atoms with Crippen LogP contribution in [0.1, 0.15) is 92.9 Å². The molecule has 0 aromatic rings. The van der Waals surface area contributed by atoms with Crippen LogP contribution in [0.25, 0.3) is 0 Å². The van der Waals surface area contributed by atoms with Gasteiger partial charge in [0, 0.05) is 19.0 Å². The molecule has 5 aliphatic carbocycles. The molecular weight excluding hydrogens is 500 g/mol. The van der Waals surface area contributed by atoms with E-state index in [-0.39, 0.29) is 30.3 Å². The van der Waals surface area contributed by atoms with Gasteiger partial charge in [-0.2, -0.15) is 0 Å². The Morgan fingerprint density at radius 1 is 1.02 bits per heavy atom. The predicted octanol–water partition coefficient (Wildman–Crippen LogP) is 5.48. The highest BCUT2D eigenvalue weighted by Crippen LogP contribution is 2.88. The van der Waals surface area contributed by atoms with Crippen molar-refractivity contribution >= 4 is 5.91 Å². The Morgan fingerprint density at radius 3 is 2.52 bits per heavy atom. The summed E-state index contributed by atoms with van der Waals surface area (Å²) in [5, 5.41) is 0. The molecule has 5 saturated carbocycles. The molecule has 7 rings (SSSR count). The van der Waals surface area contributed by atoms with E-state index in [1.165, 1.54) is 38.5 Å². The second kappa shape index (κ2) is 9.66. The van der Waals surface area contributed by atoms with Gasteiger partial charge in [-0.25, -0.2) is 0 Å². The van der Waals surface area contributed by atoms with E-state index in [9.17, 15) is 4.79 Å². The molecule has 0 bridgehead atoms. The number of nitrogens with zero attached hydrogens (tertiary/aromatic N) is 1. The van der Waals surface area contributed by atoms with Crippen LogP contribution in [0, 0.1) is 63.6 Å². The van der Waals surface area contributed by atoms with Crippen molar-refractivity contribution < 1.29 is 19.0 Å². The van der Waals surface area contributed by atoms with Crippen LogP contribution < -0.4 is 5.73 Å². The molecule has 6 unspecified atom stereocenters. The van der Waals surface area contributed by atoms with Crippen LogP contribution in [-0.2, 0) is 19.0 Å². The highest BCUT2D eigenvalue weighted by atomic mass is 16.7. The fourth-order valence-electron chi connectivity index (χ4n) is 13.2. The molecule has 226 valence electrons. The number of ether oxygens (including phenoxy) is 3. The van der Waals surface area contributed by atoms with Crippen molar-refractivity contribution in [2.75, 3.05) is 26.2 Å². The number of rotatable bonds is 4. The summed E-state index contributed by atoms with van der Waals surface area (Å²) < 4.78 is 19.5. The zero-order chi connectivity index (χ0) is 28.2. The number of amides is 1. The number of carbonyl (C=O) groups is 1. The number of nitrogens with two attached hydrogens (primary N) is 1. The Morgan fingerprint density at radius 2 is 1.77 bits per heavy atom. The summed E-state index contributed by atoms with van der Waals surface area (Å²) in [6.07, 6.45) is 11.1. The van der Waals surface area contributed by atoms with Crippen LogP contribution in [-0.4, -0.2) is 61.7 Å². The quantitative estimate of drug-likeness (QED) is 0.496. The number of carbonyl (C=O) groups excluding carboxylic acids is 1. The largest absolute Gasteiger partial charge is 0.373 e. The number of morpholine rings is 1. The minimum absolute atomic E-state index is 0.0213. The van der Waals surface area contributed by atoms with Crippen molar-refractivity contribution in [2.45, 2.75) is 118 Å². The molecule has 2 heterocycles. The summed E-state index contributed by atoms with van der Waals surface area (Å²) in [5.74, 6) is 5.46. The zero-order valence-electron chi connectivity index (χ0n) is 26.1. The summed E-state index contributed by atoms with van der Waals surface area (Å²) in [5.41, 5.74) is 7.57. The highest BCUT2D eigenvalue weighted by molar-refractivity contribution is 5.78. The maximum absolute atomic E-state index is 12.6. The number of hydrogen-bond acceptors (Lipinski definition) is 5. The van der Waals surface area contributed by atoms with Crippen LogP contribution >= 0.6 is 0 Å². The first-order valence-corrected chi connectivity index (χ1v) is 17.0. The van der Waals surface area contributed by atoms with Crippen molar-refractivity contribution in [3.05, 3.63) is 0 Å². The molecule has 14 atom stereocenters. The lowest BCUT2D eigenvalue weighted by atomic mass is 9.48. The van der Waals surface area contributed by atoms with E-state index >= 15 is 0 Å². The van der Waals surface area contributed by atoms with Gasteiger partial charge in [0.25, 0.3) is 0 Å². The number of fused-ring (bicyclic) bond motifs is 4. The molecule has 2 spiro atoms. The topological polar surface area (TPSA) is 74.0 Å². The molecular formula is C34H56N2O4. The maximum Gasteiger partial charge on any atom is 0.225 e. The zero-order valence-corrected chi connectivity index (χ0v) is 26.1. The fourth-order valence-corrected chi connectivity index (χ4v) is 13.2. The molecule has 0 radical (unpaired) electrons. The van der Waals surface area contributed by atoms with Gasteiger partial charge < -0.3 is 24.8 Å². The first kappa shape index (κ1) is 28.1. The molecule has 0 aromatic carbocycles. The van der Waals surface area contributed by atoms with E-state index in [2.05, 4.69) is 27.7 Å².